The monoisotopic (exact) mass is 547 g/mol. The molecule has 1 aromatic heterocycles. The molecular formula is C31H28F3N3O3. The van der Waals surface area contributed by atoms with Crippen molar-refractivity contribution in [2.45, 2.75) is 19.5 Å². The number of alkyl halides is 3. The summed E-state index contributed by atoms with van der Waals surface area (Å²) in [5.41, 5.74) is 2.86. The van der Waals surface area contributed by atoms with Crippen molar-refractivity contribution in [3.8, 4) is 11.3 Å². The van der Waals surface area contributed by atoms with Gasteiger partial charge in [-0.25, -0.2) is 0 Å². The van der Waals surface area contributed by atoms with Gasteiger partial charge in [-0.1, -0.05) is 31.2 Å². The Morgan fingerprint density at radius 3 is 2.23 bits per heavy atom. The molecule has 0 unspecified atom stereocenters. The van der Waals surface area contributed by atoms with Gasteiger partial charge in [-0.3, -0.25) is 9.59 Å². The van der Waals surface area contributed by atoms with E-state index in [0.717, 1.165) is 24.2 Å². The molecule has 2 heterocycles. The molecule has 40 heavy (non-hydrogen) atoms. The lowest BCUT2D eigenvalue weighted by Gasteiger charge is -2.36. The maximum absolute atomic E-state index is 13.0. The summed E-state index contributed by atoms with van der Waals surface area (Å²) in [4.78, 5) is 29.6. The van der Waals surface area contributed by atoms with E-state index in [1.54, 1.807) is 12.1 Å². The highest BCUT2D eigenvalue weighted by molar-refractivity contribution is 6.02. The van der Waals surface area contributed by atoms with Crippen molar-refractivity contribution in [2.75, 3.05) is 36.4 Å². The summed E-state index contributed by atoms with van der Waals surface area (Å²) < 4.78 is 44.6. The number of nitrogens with one attached hydrogen (secondary N) is 1. The molecule has 1 saturated heterocycles. The Kier molecular flexibility index (Phi) is 7.64. The smallest absolute Gasteiger partial charge is 0.416 e. The zero-order chi connectivity index (χ0) is 28.3. The zero-order valence-corrected chi connectivity index (χ0v) is 21.9. The van der Waals surface area contributed by atoms with Crippen LogP contribution in [0.1, 0.15) is 39.0 Å². The Hall–Kier alpha value is -4.53. The maximum atomic E-state index is 13.0. The largest absolute Gasteiger partial charge is 0.451 e. The van der Waals surface area contributed by atoms with Crippen LogP contribution in [-0.2, 0) is 12.6 Å². The molecule has 5 rings (SSSR count). The van der Waals surface area contributed by atoms with E-state index < -0.39 is 17.6 Å². The second-order valence-corrected chi connectivity index (χ2v) is 9.57. The molecule has 206 valence electrons. The van der Waals surface area contributed by atoms with Crippen LogP contribution in [0.3, 0.4) is 0 Å². The van der Waals surface area contributed by atoms with Gasteiger partial charge in [0, 0.05) is 48.7 Å². The molecule has 0 spiro atoms. The Balaban J connectivity index is 1.16. The van der Waals surface area contributed by atoms with Crippen LogP contribution in [0.25, 0.3) is 11.3 Å². The van der Waals surface area contributed by atoms with Crippen LogP contribution < -0.4 is 10.2 Å². The van der Waals surface area contributed by atoms with Gasteiger partial charge in [0.25, 0.3) is 11.8 Å². The highest BCUT2D eigenvalue weighted by Gasteiger charge is 2.30. The second kappa shape index (κ2) is 11.3. The van der Waals surface area contributed by atoms with Gasteiger partial charge >= 0.3 is 6.18 Å². The molecule has 9 heteroatoms. The minimum Gasteiger partial charge on any atom is -0.451 e. The average Bonchev–Trinajstić information content (AvgIpc) is 3.48. The molecule has 1 aliphatic rings. The fourth-order valence-electron chi connectivity index (χ4n) is 4.65. The number of hydrogen-bond acceptors (Lipinski definition) is 4. The van der Waals surface area contributed by atoms with Crippen molar-refractivity contribution < 1.29 is 27.2 Å². The molecule has 0 radical (unpaired) electrons. The molecule has 1 aliphatic heterocycles. The number of furan rings is 1. The molecule has 2 amide bonds. The van der Waals surface area contributed by atoms with Crippen molar-refractivity contribution in [3.63, 3.8) is 0 Å². The lowest BCUT2D eigenvalue weighted by atomic mass is 10.1. The highest BCUT2D eigenvalue weighted by atomic mass is 19.4. The van der Waals surface area contributed by atoms with Gasteiger partial charge in [-0.15, -0.1) is 0 Å². The number of benzene rings is 3. The van der Waals surface area contributed by atoms with Gasteiger partial charge in [0.05, 0.1) is 5.56 Å². The molecule has 4 aromatic rings. The molecule has 0 bridgehead atoms. The van der Waals surface area contributed by atoms with Crippen LogP contribution in [0.4, 0.5) is 24.5 Å². The van der Waals surface area contributed by atoms with Gasteiger partial charge in [-0.2, -0.15) is 13.2 Å². The Morgan fingerprint density at radius 2 is 1.57 bits per heavy atom. The average molecular weight is 548 g/mol. The molecule has 6 nitrogen and oxygen atoms in total. The van der Waals surface area contributed by atoms with Crippen molar-refractivity contribution in [3.05, 3.63) is 107 Å². The highest BCUT2D eigenvalue weighted by Crippen LogP contribution is 2.33. The normalized spacial score (nSPS) is 13.8. The third-order valence-corrected chi connectivity index (χ3v) is 6.97. The molecule has 1 N–H and O–H groups in total. The quantitative estimate of drug-likeness (QED) is 0.290. The first-order valence-electron chi connectivity index (χ1n) is 13.0. The number of carbonyl (C=O) groups excluding carboxylic acids is 2. The molecular weight excluding hydrogens is 519 g/mol. The summed E-state index contributed by atoms with van der Waals surface area (Å²) in [6.45, 7) is 4.68. The van der Waals surface area contributed by atoms with Gasteiger partial charge < -0.3 is 19.5 Å². The number of carbonyl (C=O) groups is 2. The van der Waals surface area contributed by atoms with Crippen LogP contribution in [0.5, 0.6) is 0 Å². The lowest BCUT2D eigenvalue weighted by Crippen LogP contribution is -2.48. The number of rotatable bonds is 6. The number of hydrogen-bond donors (Lipinski definition) is 1. The van der Waals surface area contributed by atoms with Crippen LogP contribution in [0, 0.1) is 0 Å². The third kappa shape index (κ3) is 6.03. The van der Waals surface area contributed by atoms with E-state index in [4.69, 9.17) is 4.42 Å². The van der Waals surface area contributed by atoms with Crippen LogP contribution in [-0.4, -0.2) is 42.9 Å². The van der Waals surface area contributed by atoms with E-state index in [1.807, 2.05) is 41.3 Å². The van der Waals surface area contributed by atoms with Gasteiger partial charge in [0.15, 0.2) is 5.76 Å². The van der Waals surface area contributed by atoms with Crippen molar-refractivity contribution in [2.24, 2.45) is 0 Å². The Bertz CT molecular complexity index is 1490. The summed E-state index contributed by atoms with van der Waals surface area (Å²) in [6.07, 6.45) is -3.54. The molecule has 0 aliphatic carbocycles. The third-order valence-electron chi connectivity index (χ3n) is 6.97. The number of nitrogens with zero attached hydrogens (tertiary/aromatic N) is 2. The number of anilines is 2. The van der Waals surface area contributed by atoms with Gasteiger partial charge in [0.1, 0.15) is 5.76 Å². The first kappa shape index (κ1) is 27.1. The van der Waals surface area contributed by atoms with E-state index in [0.29, 0.717) is 37.4 Å². The van der Waals surface area contributed by atoms with E-state index in [2.05, 4.69) is 17.1 Å². The number of halogens is 3. The molecule has 3 aromatic carbocycles. The van der Waals surface area contributed by atoms with E-state index in [1.165, 1.54) is 29.8 Å². The van der Waals surface area contributed by atoms with E-state index in [-0.39, 0.29) is 23.0 Å². The summed E-state index contributed by atoms with van der Waals surface area (Å²) in [6, 6.07) is 22.7. The topological polar surface area (TPSA) is 65.8 Å². The summed E-state index contributed by atoms with van der Waals surface area (Å²) >= 11 is 0. The molecule has 0 atom stereocenters. The lowest BCUT2D eigenvalue weighted by molar-refractivity contribution is -0.137. The summed E-state index contributed by atoms with van der Waals surface area (Å²) in [5, 5.41) is 2.75. The van der Waals surface area contributed by atoms with Crippen molar-refractivity contribution >= 4 is 23.2 Å². The molecule has 1 fully saturated rings. The van der Waals surface area contributed by atoms with Crippen molar-refractivity contribution in [1.82, 2.24) is 4.90 Å². The first-order valence-corrected chi connectivity index (χ1v) is 13.0. The SMILES string of the molecule is CCc1ccc(C(=O)N2CCN(c3ccc(NC(=O)c4ccc(-c5cccc(C(F)(F)F)c5)o4)cc3)CC2)cc1. The summed E-state index contributed by atoms with van der Waals surface area (Å²) in [7, 11) is 0. The number of piperazine rings is 1. The Labute approximate surface area is 230 Å². The van der Waals surface area contributed by atoms with Gasteiger partial charge in [-0.05, 0) is 72.6 Å². The zero-order valence-electron chi connectivity index (χ0n) is 21.9. The predicted molar refractivity (Wildman–Crippen MR) is 147 cm³/mol. The number of amides is 2. The van der Waals surface area contributed by atoms with Crippen LogP contribution in [0.2, 0.25) is 0 Å². The predicted octanol–water partition coefficient (Wildman–Crippen LogP) is 6.74. The fourth-order valence-corrected chi connectivity index (χ4v) is 4.65. The standard InChI is InChI=1S/C31H28F3N3O3/c1-2-21-6-8-22(9-7-21)30(39)37-18-16-36(17-19-37)26-12-10-25(11-13-26)35-29(38)28-15-14-27(40-28)23-4-3-5-24(20-23)31(32,33)34/h3-15,20H,2,16-19H2,1H3,(H,35,38). The van der Waals surface area contributed by atoms with E-state index >= 15 is 0 Å². The van der Waals surface area contributed by atoms with Crippen LogP contribution in [0.15, 0.2) is 89.3 Å². The summed E-state index contributed by atoms with van der Waals surface area (Å²) in [5.74, 6) is -0.316. The van der Waals surface area contributed by atoms with E-state index in [9.17, 15) is 22.8 Å². The molecule has 0 saturated carbocycles. The van der Waals surface area contributed by atoms with Crippen LogP contribution >= 0.6 is 0 Å². The minimum absolute atomic E-state index is 0.0124. The number of aryl methyl sites for hydroxylation is 1. The second-order valence-electron chi connectivity index (χ2n) is 9.57. The first-order chi connectivity index (χ1) is 19.2. The van der Waals surface area contributed by atoms with Gasteiger partial charge in [0.2, 0.25) is 0 Å². The Morgan fingerprint density at radius 1 is 0.875 bits per heavy atom. The maximum Gasteiger partial charge on any atom is 0.416 e. The van der Waals surface area contributed by atoms with Crippen molar-refractivity contribution in [1.29, 1.82) is 0 Å². The minimum atomic E-state index is -4.47. The fraction of sp³-hybridized carbons (Fsp3) is 0.226.